The van der Waals surface area contributed by atoms with Gasteiger partial charge in [0.25, 0.3) is 0 Å². The van der Waals surface area contributed by atoms with Crippen LogP contribution in [0.15, 0.2) is 84.9 Å². The molecule has 4 N–H and O–H groups in total. The number of benzene rings is 6. The van der Waals surface area contributed by atoms with Gasteiger partial charge in [-0.2, -0.15) is 0 Å². The van der Waals surface area contributed by atoms with Crippen molar-refractivity contribution in [1.82, 2.24) is 0 Å². The van der Waals surface area contributed by atoms with E-state index in [1.165, 1.54) is 0 Å². The number of rotatable bonds is 6. The molecule has 224 valence electrons. The number of nitrogens with zero attached hydrogens (tertiary/aromatic N) is 2. The van der Waals surface area contributed by atoms with E-state index < -0.39 is 24.0 Å². The number of fused-ring (bicyclic) bond motifs is 4. The smallest absolute Gasteiger partial charge is 0.123 e. The Morgan fingerprint density at radius 2 is 0.909 bits per heavy atom. The van der Waals surface area contributed by atoms with Gasteiger partial charge in [-0.25, -0.2) is 0 Å². The van der Waals surface area contributed by atoms with Crippen molar-refractivity contribution < 1.29 is 20.4 Å². The molecule has 44 heavy (non-hydrogen) atoms. The van der Waals surface area contributed by atoms with Crippen LogP contribution in [0.1, 0.15) is 36.8 Å². The molecule has 0 radical (unpaired) electrons. The number of hydrogen-bond donors (Lipinski definition) is 4. The first-order chi connectivity index (χ1) is 21.3. The topological polar surface area (TPSA) is 87.4 Å². The summed E-state index contributed by atoms with van der Waals surface area (Å²) < 4.78 is 0. The third kappa shape index (κ3) is 3.87. The second kappa shape index (κ2) is 10.6. The predicted octanol–water partition coefficient (Wildman–Crippen LogP) is 7.23. The van der Waals surface area contributed by atoms with E-state index in [9.17, 15) is 20.4 Å². The molecule has 0 aromatic heterocycles. The molecule has 0 heterocycles. The second-order valence-electron chi connectivity index (χ2n) is 12.1. The summed E-state index contributed by atoms with van der Waals surface area (Å²) in [5.74, 6) is -1.06. The lowest BCUT2D eigenvalue weighted by atomic mass is 9.60. The maximum Gasteiger partial charge on any atom is 0.123 e. The highest BCUT2D eigenvalue weighted by Gasteiger charge is 2.53. The maximum atomic E-state index is 12.2. The van der Waals surface area contributed by atoms with Gasteiger partial charge in [0.15, 0.2) is 0 Å². The van der Waals surface area contributed by atoms with E-state index in [0.29, 0.717) is 10.8 Å². The Morgan fingerprint density at radius 1 is 0.523 bits per heavy atom. The lowest BCUT2D eigenvalue weighted by molar-refractivity contribution is -0.0766. The Bertz CT molecular complexity index is 2060. The van der Waals surface area contributed by atoms with Gasteiger partial charge in [0, 0.05) is 71.3 Å². The number of phenols is 2. The summed E-state index contributed by atoms with van der Waals surface area (Å²) in [6.45, 7) is 5.84. The predicted molar refractivity (Wildman–Crippen MR) is 182 cm³/mol. The molecule has 6 nitrogen and oxygen atoms in total. The number of hydrogen-bond acceptors (Lipinski definition) is 6. The zero-order valence-electron chi connectivity index (χ0n) is 25.5. The Morgan fingerprint density at radius 3 is 1.34 bits per heavy atom. The molecule has 1 saturated carbocycles. The Kier molecular flexibility index (Phi) is 6.80. The molecule has 6 heteroatoms. The molecule has 2 atom stereocenters. The van der Waals surface area contributed by atoms with Crippen LogP contribution in [0.25, 0.3) is 43.1 Å². The van der Waals surface area contributed by atoms with Gasteiger partial charge >= 0.3 is 0 Å². The second-order valence-corrected chi connectivity index (χ2v) is 12.1. The zero-order valence-corrected chi connectivity index (χ0v) is 25.5. The van der Waals surface area contributed by atoms with Crippen LogP contribution in [-0.2, 0) is 0 Å². The number of anilines is 2. The summed E-state index contributed by atoms with van der Waals surface area (Å²) in [6.07, 6.45) is -1.93. The Hall–Kier alpha value is -4.52. The highest BCUT2D eigenvalue weighted by molar-refractivity contribution is 6.17. The minimum Gasteiger partial charge on any atom is -0.507 e. The summed E-state index contributed by atoms with van der Waals surface area (Å²) in [5.41, 5.74) is 3.52. The molecule has 7 rings (SSSR count). The van der Waals surface area contributed by atoms with Gasteiger partial charge in [0.05, 0.1) is 23.6 Å². The van der Waals surface area contributed by atoms with Crippen LogP contribution in [0.2, 0.25) is 0 Å². The molecule has 2 unspecified atom stereocenters. The van der Waals surface area contributed by atoms with Gasteiger partial charge in [0.1, 0.15) is 11.5 Å². The molecule has 6 aromatic rings. The largest absolute Gasteiger partial charge is 0.507 e. The van der Waals surface area contributed by atoms with Crippen LogP contribution in [0.3, 0.4) is 0 Å². The van der Waals surface area contributed by atoms with Crippen LogP contribution < -0.4 is 9.80 Å². The molecule has 1 aliphatic carbocycles. The fourth-order valence-corrected chi connectivity index (χ4v) is 7.89. The highest BCUT2D eigenvalue weighted by atomic mass is 16.3. The van der Waals surface area contributed by atoms with Crippen LogP contribution in [0.4, 0.5) is 11.4 Å². The zero-order chi connectivity index (χ0) is 30.9. The molecule has 0 bridgehead atoms. The van der Waals surface area contributed by atoms with E-state index in [0.717, 1.165) is 67.9 Å². The van der Waals surface area contributed by atoms with Crippen LogP contribution in [-0.4, -0.2) is 59.8 Å². The van der Waals surface area contributed by atoms with Crippen LogP contribution in [0.5, 0.6) is 11.5 Å². The summed E-state index contributed by atoms with van der Waals surface area (Å²) in [7, 11) is 3.97. The molecule has 0 amide bonds. The van der Waals surface area contributed by atoms with Crippen molar-refractivity contribution in [2.45, 2.75) is 37.9 Å². The van der Waals surface area contributed by atoms with Crippen molar-refractivity contribution in [3.8, 4) is 11.5 Å². The van der Waals surface area contributed by atoms with E-state index in [4.69, 9.17) is 0 Å². The number of aliphatic hydroxyl groups excluding tert-OH is 2. The molecule has 1 aliphatic rings. The SMILES string of the molecule is CCN(CC)c1c2ccccc2c(C2C(O)C(c3c4ccccc4c(N(C)C)c4cccc(O)c34)C2O)c2c(O)cccc12. The van der Waals surface area contributed by atoms with Gasteiger partial charge < -0.3 is 30.2 Å². The van der Waals surface area contributed by atoms with E-state index in [-0.39, 0.29) is 11.5 Å². The molecule has 1 fully saturated rings. The lowest BCUT2D eigenvalue weighted by Gasteiger charge is -2.48. The van der Waals surface area contributed by atoms with Gasteiger partial charge in [0.2, 0.25) is 0 Å². The fraction of sp³-hybridized carbons (Fsp3) is 0.263. The molecule has 0 aliphatic heterocycles. The van der Waals surface area contributed by atoms with Crippen molar-refractivity contribution in [1.29, 1.82) is 0 Å². The van der Waals surface area contributed by atoms with Crippen LogP contribution in [0, 0.1) is 0 Å². The minimum absolute atomic E-state index is 0.117. The summed E-state index contributed by atoms with van der Waals surface area (Å²) in [4.78, 5) is 4.33. The third-order valence-electron chi connectivity index (χ3n) is 9.74. The van der Waals surface area contributed by atoms with E-state index >= 15 is 0 Å². The van der Waals surface area contributed by atoms with E-state index in [2.05, 4.69) is 30.9 Å². The number of aliphatic hydroxyl groups is 2. The molecular formula is C38H38N2O4. The van der Waals surface area contributed by atoms with Crippen molar-refractivity contribution >= 4 is 54.5 Å². The fourth-order valence-electron chi connectivity index (χ4n) is 7.89. The van der Waals surface area contributed by atoms with Gasteiger partial charge in [-0.1, -0.05) is 72.8 Å². The summed E-state index contributed by atoms with van der Waals surface area (Å²) >= 11 is 0. The van der Waals surface area contributed by atoms with Crippen molar-refractivity contribution in [2.75, 3.05) is 37.0 Å². The van der Waals surface area contributed by atoms with Gasteiger partial charge in [-0.15, -0.1) is 0 Å². The van der Waals surface area contributed by atoms with E-state index in [1.807, 2.05) is 79.7 Å². The number of phenolic OH excluding ortho intramolecular Hbond substituents is 2. The molecule has 6 aromatic carbocycles. The van der Waals surface area contributed by atoms with E-state index in [1.54, 1.807) is 12.1 Å². The average molecular weight is 587 g/mol. The van der Waals surface area contributed by atoms with Crippen LogP contribution >= 0.6 is 0 Å². The minimum atomic E-state index is -0.966. The average Bonchev–Trinajstić information content (AvgIpc) is 3.02. The highest BCUT2D eigenvalue weighted by Crippen LogP contribution is 2.57. The van der Waals surface area contributed by atoms with Crippen molar-refractivity contribution in [3.63, 3.8) is 0 Å². The maximum absolute atomic E-state index is 12.2. The molecule has 0 spiro atoms. The third-order valence-corrected chi connectivity index (χ3v) is 9.74. The standard InChI is InChI=1S/C38H38N2O4/c1-5-40(6-2)36-24-16-10-8-14-22(24)32(30-26(36)18-12-20-28(30)42)34-37(43)33(38(34)44)31-21-13-7-9-15-23(21)35(39(3)4)25-17-11-19-27(41)29(25)31/h7-20,33-34,37-38,41-44H,5-6H2,1-4H3. The van der Waals surface area contributed by atoms with Gasteiger partial charge in [-0.3, -0.25) is 0 Å². The number of aromatic hydroxyl groups is 2. The monoisotopic (exact) mass is 586 g/mol. The molecular weight excluding hydrogens is 548 g/mol. The summed E-state index contributed by atoms with van der Waals surface area (Å²) in [5, 5.41) is 53.9. The van der Waals surface area contributed by atoms with Gasteiger partial charge in [-0.05, 0) is 47.9 Å². The normalized spacial score (nSPS) is 20.0. The van der Waals surface area contributed by atoms with Crippen molar-refractivity contribution in [2.24, 2.45) is 0 Å². The van der Waals surface area contributed by atoms with Crippen molar-refractivity contribution in [3.05, 3.63) is 96.1 Å². The molecule has 0 saturated heterocycles. The summed E-state index contributed by atoms with van der Waals surface area (Å²) in [6, 6.07) is 27.1. The Labute approximate surface area is 257 Å². The lowest BCUT2D eigenvalue weighted by Crippen LogP contribution is -2.52. The quantitative estimate of drug-likeness (QED) is 0.154. The Balaban J connectivity index is 1.50. The first-order valence-corrected chi connectivity index (χ1v) is 15.4. The first kappa shape index (κ1) is 28.3. The first-order valence-electron chi connectivity index (χ1n) is 15.4.